The van der Waals surface area contributed by atoms with Crippen molar-refractivity contribution in [1.29, 1.82) is 0 Å². The Bertz CT molecular complexity index is 759. The second-order valence-electron chi connectivity index (χ2n) is 7.86. The molecule has 0 bridgehead atoms. The van der Waals surface area contributed by atoms with Gasteiger partial charge in [0, 0.05) is 18.7 Å². The van der Waals surface area contributed by atoms with Gasteiger partial charge in [-0.1, -0.05) is 13.8 Å². The minimum Gasteiger partial charge on any atom is -0.481 e. The van der Waals surface area contributed by atoms with Crippen LogP contribution in [0.5, 0.6) is 0 Å². The van der Waals surface area contributed by atoms with Gasteiger partial charge in [0.1, 0.15) is 18.1 Å². The third-order valence-corrected chi connectivity index (χ3v) is 5.00. The van der Waals surface area contributed by atoms with Crippen molar-refractivity contribution in [2.24, 2.45) is 28.1 Å². The van der Waals surface area contributed by atoms with Crippen LogP contribution >= 0.6 is 12.6 Å². The van der Waals surface area contributed by atoms with Gasteiger partial charge in [-0.25, -0.2) is 4.79 Å². The maximum absolute atomic E-state index is 12.7. The standard InChI is InChI=1S/C19H35N7O7S/c1-9(2)14(18(32)33)26-16(30)11(5-6-13(27)28)24-17(31)12(8-34)25-15(29)10(20)4-3-7-23-19(21)22/h9-12,14,34H,3-8,20H2,1-2H3,(H,24,31)(H,25,29)(H,26,30)(H,27,28)(H,32,33)(H4,21,22,23). The van der Waals surface area contributed by atoms with Crippen LogP contribution in [-0.2, 0) is 24.0 Å². The summed E-state index contributed by atoms with van der Waals surface area (Å²) >= 11 is 4.04. The number of hydrogen-bond acceptors (Lipinski definition) is 8. The molecule has 194 valence electrons. The molecule has 0 aliphatic carbocycles. The van der Waals surface area contributed by atoms with E-state index in [9.17, 15) is 29.1 Å². The molecule has 11 N–H and O–H groups in total. The summed E-state index contributed by atoms with van der Waals surface area (Å²) < 4.78 is 0. The number of nitrogens with one attached hydrogen (secondary N) is 3. The molecule has 0 saturated carbocycles. The molecule has 0 aliphatic heterocycles. The Morgan fingerprint density at radius 2 is 1.47 bits per heavy atom. The Kier molecular flexibility index (Phi) is 14.3. The van der Waals surface area contributed by atoms with E-state index in [0.717, 1.165) is 0 Å². The highest BCUT2D eigenvalue weighted by Gasteiger charge is 2.31. The summed E-state index contributed by atoms with van der Waals surface area (Å²) in [5.41, 5.74) is 16.2. The number of carboxylic acid groups (broad SMARTS) is 2. The highest BCUT2D eigenvalue weighted by Crippen LogP contribution is 2.06. The van der Waals surface area contributed by atoms with E-state index in [1.165, 1.54) is 0 Å². The highest BCUT2D eigenvalue weighted by atomic mass is 32.1. The normalized spacial score (nSPS) is 14.3. The van der Waals surface area contributed by atoms with E-state index < -0.39 is 66.2 Å². The molecule has 0 aromatic rings. The maximum Gasteiger partial charge on any atom is 0.326 e. The Morgan fingerprint density at radius 3 is 1.94 bits per heavy atom. The number of carbonyl (C=O) groups excluding carboxylic acids is 3. The van der Waals surface area contributed by atoms with Gasteiger partial charge in [-0.3, -0.25) is 24.2 Å². The van der Waals surface area contributed by atoms with Gasteiger partial charge in [0.25, 0.3) is 0 Å². The fourth-order valence-corrected chi connectivity index (χ4v) is 2.96. The molecule has 0 aliphatic rings. The first-order valence-electron chi connectivity index (χ1n) is 10.6. The van der Waals surface area contributed by atoms with E-state index in [0.29, 0.717) is 6.42 Å². The van der Waals surface area contributed by atoms with Gasteiger partial charge in [0.15, 0.2) is 5.96 Å². The van der Waals surface area contributed by atoms with Gasteiger partial charge in [-0.05, 0) is 25.2 Å². The first-order chi connectivity index (χ1) is 15.8. The molecule has 0 saturated heterocycles. The third kappa shape index (κ3) is 12.2. The Morgan fingerprint density at radius 1 is 0.912 bits per heavy atom. The summed E-state index contributed by atoms with van der Waals surface area (Å²) in [5.74, 6) is -5.50. The van der Waals surface area contributed by atoms with Gasteiger partial charge in [-0.15, -0.1) is 0 Å². The number of nitrogens with zero attached hydrogens (tertiary/aromatic N) is 1. The van der Waals surface area contributed by atoms with Crippen molar-refractivity contribution in [2.45, 2.75) is 63.7 Å². The predicted octanol–water partition coefficient (Wildman–Crippen LogP) is -2.64. The molecule has 4 unspecified atom stereocenters. The largest absolute Gasteiger partial charge is 0.481 e. The lowest BCUT2D eigenvalue weighted by atomic mass is 10.0. The van der Waals surface area contributed by atoms with Crippen molar-refractivity contribution in [2.75, 3.05) is 12.3 Å². The van der Waals surface area contributed by atoms with Gasteiger partial charge in [-0.2, -0.15) is 12.6 Å². The number of carboxylic acids is 2. The molecule has 0 rings (SSSR count). The first kappa shape index (κ1) is 30.9. The molecule has 0 spiro atoms. The van der Waals surface area contributed by atoms with Crippen molar-refractivity contribution in [3.63, 3.8) is 0 Å². The van der Waals surface area contributed by atoms with Crippen molar-refractivity contribution in [1.82, 2.24) is 16.0 Å². The van der Waals surface area contributed by atoms with Gasteiger partial charge < -0.3 is 43.4 Å². The smallest absolute Gasteiger partial charge is 0.326 e. The molecule has 0 aromatic carbocycles. The zero-order valence-electron chi connectivity index (χ0n) is 19.2. The van der Waals surface area contributed by atoms with Gasteiger partial charge in [0.05, 0.1) is 6.04 Å². The van der Waals surface area contributed by atoms with Crippen LogP contribution in [0.25, 0.3) is 0 Å². The zero-order chi connectivity index (χ0) is 26.4. The number of thiol groups is 1. The number of carbonyl (C=O) groups is 5. The minimum absolute atomic E-state index is 0.0885. The molecule has 14 nitrogen and oxygen atoms in total. The predicted molar refractivity (Wildman–Crippen MR) is 127 cm³/mol. The quantitative estimate of drug-likeness (QED) is 0.0456. The van der Waals surface area contributed by atoms with E-state index in [1.54, 1.807) is 13.8 Å². The summed E-state index contributed by atoms with van der Waals surface area (Å²) in [5, 5.41) is 25.3. The fourth-order valence-electron chi connectivity index (χ4n) is 2.70. The highest BCUT2D eigenvalue weighted by molar-refractivity contribution is 7.80. The summed E-state index contributed by atoms with van der Waals surface area (Å²) in [4.78, 5) is 63.7. The Labute approximate surface area is 202 Å². The number of amides is 3. The molecule has 0 aromatic heterocycles. The summed E-state index contributed by atoms with van der Waals surface area (Å²) in [6.45, 7) is 3.43. The van der Waals surface area contributed by atoms with Gasteiger partial charge >= 0.3 is 11.9 Å². The summed E-state index contributed by atoms with van der Waals surface area (Å²) in [6, 6.07) is -4.73. The minimum atomic E-state index is -1.35. The second-order valence-corrected chi connectivity index (χ2v) is 8.23. The van der Waals surface area contributed by atoms with Crippen LogP contribution in [-0.4, -0.2) is 82.3 Å². The monoisotopic (exact) mass is 505 g/mol. The van der Waals surface area contributed by atoms with Crippen molar-refractivity contribution < 1.29 is 34.2 Å². The number of hydrogen-bond donors (Lipinski definition) is 9. The van der Waals surface area contributed by atoms with Crippen LogP contribution in [0.4, 0.5) is 0 Å². The van der Waals surface area contributed by atoms with E-state index >= 15 is 0 Å². The molecule has 34 heavy (non-hydrogen) atoms. The number of nitrogens with two attached hydrogens (primary N) is 3. The van der Waals surface area contributed by atoms with E-state index in [2.05, 4.69) is 33.6 Å². The van der Waals surface area contributed by atoms with Crippen LogP contribution in [0.3, 0.4) is 0 Å². The lowest BCUT2D eigenvalue weighted by Gasteiger charge is -2.25. The lowest BCUT2D eigenvalue weighted by Crippen LogP contribution is -2.58. The molecule has 0 fully saturated rings. The maximum atomic E-state index is 12.7. The molecular formula is C19H35N7O7S. The molecule has 4 atom stereocenters. The van der Waals surface area contributed by atoms with Crippen LogP contribution in [0.15, 0.2) is 4.99 Å². The fraction of sp³-hybridized carbons (Fsp3) is 0.684. The molecule has 15 heteroatoms. The SMILES string of the molecule is CC(C)C(NC(=O)C(CCC(=O)O)NC(=O)C(CS)NC(=O)C(N)CCCN=C(N)N)C(=O)O. The van der Waals surface area contributed by atoms with Crippen molar-refractivity contribution in [3.8, 4) is 0 Å². The topological polar surface area (TPSA) is 252 Å². The van der Waals surface area contributed by atoms with E-state index in [1.807, 2.05) is 0 Å². The first-order valence-corrected chi connectivity index (χ1v) is 11.2. The Balaban J connectivity index is 5.20. The van der Waals surface area contributed by atoms with E-state index in [-0.39, 0.29) is 31.1 Å². The molecule has 0 radical (unpaired) electrons. The summed E-state index contributed by atoms with van der Waals surface area (Å²) in [7, 11) is 0. The second kappa shape index (κ2) is 15.7. The summed E-state index contributed by atoms with van der Waals surface area (Å²) in [6.07, 6.45) is -0.105. The number of aliphatic imine (C=N–C) groups is 1. The van der Waals surface area contributed by atoms with E-state index in [4.69, 9.17) is 22.3 Å². The number of aliphatic carboxylic acids is 2. The molecule has 3 amide bonds. The number of guanidine groups is 1. The average Bonchev–Trinajstić information content (AvgIpc) is 2.74. The lowest BCUT2D eigenvalue weighted by molar-refractivity contribution is -0.144. The third-order valence-electron chi connectivity index (χ3n) is 4.63. The Hall–Kier alpha value is -3.07. The van der Waals surface area contributed by atoms with Crippen LogP contribution in [0.2, 0.25) is 0 Å². The number of rotatable bonds is 16. The van der Waals surface area contributed by atoms with Crippen molar-refractivity contribution >= 4 is 48.2 Å². The zero-order valence-corrected chi connectivity index (χ0v) is 20.1. The van der Waals surface area contributed by atoms with Crippen LogP contribution in [0, 0.1) is 5.92 Å². The van der Waals surface area contributed by atoms with Crippen LogP contribution in [0.1, 0.15) is 39.5 Å². The van der Waals surface area contributed by atoms with Crippen molar-refractivity contribution in [3.05, 3.63) is 0 Å². The average molecular weight is 506 g/mol. The van der Waals surface area contributed by atoms with Crippen LogP contribution < -0.4 is 33.2 Å². The molecule has 0 heterocycles. The molecular weight excluding hydrogens is 470 g/mol. The van der Waals surface area contributed by atoms with Gasteiger partial charge in [0.2, 0.25) is 17.7 Å².